The lowest BCUT2D eigenvalue weighted by Gasteiger charge is -1.90. The maximum Gasteiger partial charge on any atom is 0.172 e. The van der Waals surface area contributed by atoms with Gasteiger partial charge in [0, 0.05) is 5.56 Å². The van der Waals surface area contributed by atoms with E-state index in [0.717, 1.165) is 11.3 Å². The zero-order valence-electron chi connectivity index (χ0n) is 5.84. The number of rotatable bonds is 3. The molecule has 64 valence electrons. The number of aldehydes is 1. The van der Waals surface area contributed by atoms with Crippen LogP contribution in [0.2, 0.25) is 8.67 Å². The minimum absolute atomic E-state index is 0.146. The molecule has 0 unspecified atom stereocenters. The second-order valence-electron chi connectivity index (χ2n) is 2.03. The second kappa shape index (κ2) is 4.03. The summed E-state index contributed by atoms with van der Waals surface area (Å²) in [6, 6.07) is 1.47. The first kappa shape index (κ1) is 9.71. The smallest absolute Gasteiger partial charge is 0.172 e. The number of carbonyl (C=O) groups is 2. The number of hydrogen-bond acceptors (Lipinski definition) is 3. The summed E-state index contributed by atoms with van der Waals surface area (Å²) in [4.78, 5) is 21.1. The molecule has 0 N–H and O–H groups in total. The van der Waals surface area contributed by atoms with Gasteiger partial charge in [-0.3, -0.25) is 4.79 Å². The van der Waals surface area contributed by atoms with E-state index in [1.807, 2.05) is 0 Å². The standard InChI is InChI=1S/C7H4Cl2O2S/c8-6-3-4(7(9)12-6)5(11)1-2-10/h2-3H,1H2. The van der Waals surface area contributed by atoms with Crippen LogP contribution >= 0.6 is 34.5 Å². The quantitative estimate of drug-likeness (QED) is 0.448. The Morgan fingerprint density at radius 3 is 2.67 bits per heavy atom. The van der Waals surface area contributed by atoms with E-state index >= 15 is 0 Å². The van der Waals surface area contributed by atoms with E-state index in [-0.39, 0.29) is 12.2 Å². The van der Waals surface area contributed by atoms with Crippen LogP contribution in [0.25, 0.3) is 0 Å². The first-order valence-corrected chi connectivity index (χ1v) is 4.64. The average molecular weight is 223 g/mol. The predicted molar refractivity (Wildman–Crippen MR) is 49.4 cm³/mol. The molecule has 0 aliphatic heterocycles. The highest BCUT2D eigenvalue weighted by molar-refractivity contribution is 7.20. The van der Waals surface area contributed by atoms with Gasteiger partial charge in [-0.2, -0.15) is 0 Å². The van der Waals surface area contributed by atoms with Crippen LogP contribution in [0.1, 0.15) is 16.8 Å². The summed E-state index contributed by atoms with van der Waals surface area (Å²) in [6.45, 7) is 0. The van der Waals surface area contributed by atoms with Gasteiger partial charge in [-0.1, -0.05) is 23.2 Å². The van der Waals surface area contributed by atoms with E-state index < -0.39 is 0 Å². The van der Waals surface area contributed by atoms with Crippen LogP contribution in [0.3, 0.4) is 0 Å². The monoisotopic (exact) mass is 222 g/mol. The number of Topliss-reactive ketones (excluding diaryl/α,β-unsaturated/α-hetero) is 1. The van der Waals surface area contributed by atoms with Crippen molar-refractivity contribution in [2.75, 3.05) is 0 Å². The van der Waals surface area contributed by atoms with Gasteiger partial charge in [0.05, 0.1) is 10.8 Å². The Bertz CT molecular complexity index is 319. The maximum atomic E-state index is 11.1. The summed E-state index contributed by atoms with van der Waals surface area (Å²) in [5.41, 5.74) is 0.332. The number of hydrogen-bond donors (Lipinski definition) is 0. The topological polar surface area (TPSA) is 34.1 Å². The molecule has 0 aromatic carbocycles. The summed E-state index contributed by atoms with van der Waals surface area (Å²) in [5, 5.41) is 0. The zero-order chi connectivity index (χ0) is 9.14. The highest BCUT2D eigenvalue weighted by atomic mass is 35.5. The molecule has 0 radical (unpaired) electrons. The SMILES string of the molecule is O=CCC(=O)c1cc(Cl)sc1Cl. The molecule has 0 saturated carbocycles. The fourth-order valence-corrected chi connectivity index (χ4v) is 2.22. The van der Waals surface area contributed by atoms with Crippen LogP contribution in [0.4, 0.5) is 0 Å². The van der Waals surface area contributed by atoms with E-state index in [9.17, 15) is 9.59 Å². The van der Waals surface area contributed by atoms with Crippen LogP contribution in [-0.2, 0) is 4.79 Å². The first-order valence-electron chi connectivity index (χ1n) is 3.07. The molecule has 0 atom stereocenters. The van der Waals surface area contributed by atoms with Gasteiger partial charge in [-0.25, -0.2) is 0 Å². The van der Waals surface area contributed by atoms with Gasteiger partial charge in [-0.05, 0) is 6.07 Å². The van der Waals surface area contributed by atoms with Crippen LogP contribution in [0.15, 0.2) is 6.07 Å². The lowest BCUT2D eigenvalue weighted by molar-refractivity contribution is -0.107. The molecule has 1 aromatic heterocycles. The summed E-state index contributed by atoms with van der Waals surface area (Å²) in [6.07, 6.45) is 0.400. The molecule has 0 fully saturated rings. The van der Waals surface area contributed by atoms with Gasteiger partial charge in [-0.15, -0.1) is 11.3 Å². The van der Waals surface area contributed by atoms with Crippen molar-refractivity contribution in [1.29, 1.82) is 0 Å². The highest BCUT2D eigenvalue weighted by Crippen LogP contribution is 2.31. The van der Waals surface area contributed by atoms with Crippen molar-refractivity contribution in [2.24, 2.45) is 0 Å². The van der Waals surface area contributed by atoms with Gasteiger partial charge in [0.2, 0.25) is 0 Å². The van der Waals surface area contributed by atoms with Gasteiger partial charge >= 0.3 is 0 Å². The van der Waals surface area contributed by atoms with Crippen molar-refractivity contribution in [3.63, 3.8) is 0 Å². The van der Waals surface area contributed by atoms with Gasteiger partial charge in [0.1, 0.15) is 10.6 Å². The van der Waals surface area contributed by atoms with Crippen molar-refractivity contribution in [2.45, 2.75) is 6.42 Å². The molecule has 1 aromatic rings. The number of thiophene rings is 1. The Kier molecular flexibility index (Phi) is 3.26. The number of halogens is 2. The van der Waals surface area contributed by atoms with Crippen molar-refractivity contribution < 1.29 is 9.59 Å². The molecular formula is C7H4Cl2O2S. The third-order valence-corrected chi connectivity index (χ3v) is 2.71. The van der Waals surface area contributed by atoms with E-state index in [0.29, 0.717) is 20.5 Å². The van der Waals surface area contributed by atoms with Crippen LogP contribution in [-0.4, -0.2) is 12.1 Å². The molecule has 1 heterocycles. The van der Waals surface area contributed by atoms with Crippen molar-refractivity contribution in [3.05, 3.63) is 20.3 Å². The molecule has 5 heteroatoms. The Morgan fingerprint density at radius 1 is 1.58 bits per heavy atom. The Balaban J connectivity index is 2.94. The molecule has 0 aliphatic carbocycles. The molecule has 1 rings (SSSR count). The largest absolute Gasteiger partial charge is 0.303 e. The van der Waals surface area contributed by atoms with Crippen molar-refractivity contribution >= 4 is 46.6 Å². The van der Waals surface area contributed by atoms with Crippen LogP contribution in [0.5, 0.6) is 0 Å². The molecule has 12 heavy (non-hydrogen) atoms. The fraction of sp³-hybridized carbons (Fsp3) is 0.143. The average Bonchev–Trinajstić information content (AvgIpc) is 2.30. The van der Waals surface area contributed by atoms with E-state index in [4.69, 9.17) is 23.2 Å². The molecule has 0 spiro atoms. The Hall–Kier alpha value is -0.380. The van der Waals surface area contributed by atoms with Crippen LogP contribution in [0, 0.1) is 0 Å². The maximum absolute atomic E-state index is 11.1. The third-order valence-electron chi connectivity index (χ3n) is 1.23. The minimum atomic E-state index is -0.293. The zero-order valence-corrected chi connectivity index (χ0v) is 8.17. The normalized spacial score (nSPS) is 9.83. The second-order valence-corrected chi connectivity index (χ2v) is 4.32. The first-order chi connectivity index (χ1) is 5.65. The Morgan fingerprint density at radius 2 is 2.25 bits per heavy atom. The third kappa shape index (κ3) is 2.06. The highest BCUT2D eigenvalue weighted by Gasteiger charge is 2.12. The van der Waals surface area contributed by atoms with E-state index in [2.05, 4.69) is 0 Å². The summed E-state index contributed by atoms with van der Waals surface area (Å²) in [7, 11) is 0. The van der Waals surface area contributed by atoms with Crippen molar-refractivity contribution in [3.8, 4) is 0 Å². The molecule has 0 bridgehead atoms. The van der Waals surface area contributed by atoms with E-state index in [1.165, 1.54) is 6.07 Å². The van der Waals surface area contributed by atoms with Gasteiger partial charge < -0.3 is 4.79 Å². The van der Waals surface area contributed by atoms with E-state index in [1.54, 1.807) is 0 Å². The lowest BCUT2D eigenvalue weighted by atomic mass is 10.2. The predicted octanol–water partition coefficient (Wildman–Crippen LogP) is 2.83. The number of carbonyl (C=O) groups excluding carboxylic acids is 2. The summed E-state index contributed by atoms with van der Waals surface area (Å²) >= 11 is 12.4. The lowest BCUT2D eigenvalue weighted by Crippen LogP contribution is -1.97. The molecular weight excluding hydrogens is 219 g/mol. The molecule has 2 nitrogen and oxygen atoms in total. The Labute approximate surface area is 83.1 Å². The minimum Gasteiger partial charge on any atom is -0.303 e. The number of ketones is 1. The molecule has 0 aliphatic rings. The summed E-state index contributed by atoms with van der Waals surface area (Å²) < 4.78 is 0.793. The molecule has 0 amide bonds. The van der Waals surface area contributed by atoms with Gasteiger partial charge in [0.15, 0.2) is 5.78 Å². The molecule has 0 saturated heterocycles. The van der Waals surface area contributed by atoms with Gasteiger partial charge in [0.25, 0.3) is 0 Å². The van der Waals surface area contributed by atoms with Crippen molar-refractivity contribution in [1.82, 2.24) is 0 Å². The fourth-order valence-electron chi connectivity index (χ4n) is 0.716. The summed E-state index contributed by atoms with van der Waals surface area (Å²) in [5.74, 6) is -0.293. The van der Waals surface area contributed by atoms with Crippen LogP contribution < -0.4 is 0 Å².